The van der Waals surface area contributed by atoms with E-state index in [-0.39, 0.29) is 5.91 Å². The van der Waals surface area contributed by atoms with Crippen molar-refractivity contribution in [2.75, 3.05) is 19.6 Å². The maximum Gasteiger partial charge on any atom is 0.231 e. The molecule has 0 unspecified atom stereocenters. The number of piperidine rings is 1. The number of rotatable bonds is 5. The van der Waals surface area contributed by atoms with E-state index in [0.717, 1.165) is 36.9 Å². The monoisotopic (exact) mass is 325 g/mol. The van der Waals surface area contributed by atoms with Crippen molar-refractivity contribution in [1.29, 1.82) is 0 Å². The van der Waals surface area contributed by atoms with Crippen molar-refractivity contribution in [2.24, 2.45) is 5.73 Å². The van der Waals surface area contributed by atoms with Gasteiger partial charge >= 0.3 is 0 Å². The third-order valence-corrected chi connectivity index (χ3v) is 4.01. The van der Waals surface area contributed by atoms with Crippen LogP contribution in [0.15, 0.2) is 28.7 Å². The van der Waals surface area contributed by atoms with Gasteiger partial charge < -0.3 is 11.1 Å². The Bertz CT molecular complexity index is 415. The predicted molar refractivity (Wildman–Crippen MR) is 79.6 cm³/mol. The summed E-state index contributed by atoms with van der Waals surface area (Å²) in [6.07, 6.45) is 2.15. The van der Waals surface area contributed by atoms with Crippen LogP contribution in [0.2, 0.25) is 0 Å². The molecule has 1 aromatic carbocycles. The van der Waals surface area contributed by atoms with Gasteiger partial charge in [-0.1, -0.05) is 28.1 Å². The van der Waals surface area contributed by atoms with Crippen LogP contribution < -0.4 is 11.1 Å². The van der Waals surface area contributed by atoms with Gasteiger partial charge in [-0.2, -0.15) is 0 Å². The molecule has 0 aliphatic carbocycles. The molecule has 1 heterocycles. The van der Waals surface area contributed by atoms with Crippen LogP contribution in [0.1, 0.15) is 18.4 Å². The molecule has 1 aliphatic rings. The summed E-state index contributed by atoms with van der Waals surface area (Å²) < 4.78 is 1.07. The Morgan fingerprint density at radius 2 is 1.95 bits per heavy atom. The number of hydrogen-bond acceptors (Lipinski definition) is 3. The molecular weight excluding hydrogens is 306 g/mol. The number of carbonyl (C=O) groups excluding carboxylic acids is 1. The molecule has 1 aromatic rings. The largest absolute Gasteiger partial charge is 0.369 e. The highest BCUT2D eigenvalue weighted by Gasteiger charge is 2.22. The van der Waals surface area contributed by atoms with E-state index in [2.05, 4.69) is 38.3 Å². The van der Waals surface area contributed by atoms with E-state index in [1.807, 2.05) is 12.1 Å². The van der Waals surface area contributed by atoms with Crippen molar-refractivity contribution >= 4 is 21.8 Å². The Morgan fingerprint density at radius 1 is 1.32 bits per heavy atom. The number of halogens is 1. The van der Waals surface area contributed by atoms with Crippen molar-refractivity contribution < 1.29 is 4.79 Å². The molecule has 3 N–H and O–H groups in total. The second kappa shape index (κ2) is 7.03. The first-order chi connectivity index (χ1) is 9.15. The molecule has 0 spiro atoms. The van der Waals surface area contributed by atoms with Crippen molar-refractivity contribution in [3.05, 3.63) is 34.3 Å². The van der Waals surface area contributed by atoms with Gasteiger partial charge in [-0.05, 0) is 43.6 Å². The standard InChI is InChI=1S/C14H20BrN3O/c15-12-3-1-11(2-4-12)9-18(10-14(16)19)13-5-7-17-8-6-13/h1-4,13,17H,5-10H2,(H2,16,19). The van der Waals surface area contributed by atoms with Gasteiger partial charge in [0.15, 0.2) is 0 Å². The lowest BCUT2D eigenvalue weighted by atomic mass is 10.0. The summed E-state index contributed by atoms with van der Waals surface area (Å²) in [5.74, 6) is -0.254. The fourth-order valence-electron chi connectivity index (χ4n) is 2.51. The normalized spacial score (nSPS) is 16.7. The minimum absolute atomic E-state index is 0.254. The zero-order valence-corrected chi connectivity index (χ0v) is 12.5. The zero-order chi connectivity index (χ0) is 13.7. The topological polar surface area (TPSA) is 58.4 Å². The van der Waals surface area contributed by atoms with Gasteiger partial charge in [-0.3, -0.25) is 9.69 Å². The molecule has 4 nitrogen and oxygen atoms in total. The van der Waals surface area contributed by atoms with Crippen LogP contribution in [0, 0.1) is 0 Å². The highest BCUT2D eigenvalue weighted by Crippen LogP contribution is 2.17. The first-order valence-corrected chi connectivity index (χ1v) is 7.42. The van der Waals surface area contributed by atoms with Crippen LogP contribution in [0.5, 0.6) is 0 Å². The maximum atomic E-state index is 11.3. The molecule has 0 radical (unpaired) electrons. The molecule has 0 atom stereocenters. The molecule has 1 aliphatic heterocycles. The number of nitrogens with two attached hydrogens (primary N) is 1. The summed E-state index contributed by atoms with van der Waals surface area (Å²) in [6.45, 7) is 3.14. The summed E-state index contributed by atoms with van der Waals surface area (Å²) in [4.78, 5) is 13.5. The quantitative estimate of drug-likeness (QED) is 0.862. The Kier molecular flexibility index (Phi) is 5.36. The number of benzene rings is 1. The van der Waals surface area contributed by atoms with Crippen LogP contribution in [0.25, 0.3) is 0 Å². The number of nitrogens with zero attached hydrogens (tertiary/aromatic N) is 1. The Balaban J connectivity index is 2.03. The molecule has 2 rings (SSSR count). The summed E-state index contributed by atoms with van der Waals surface area (Å²) in [7, 11) is 0. The number of nitrogens with one attached hydrogen (secondary N) is 1. The van der Waals surface area contributed by atoms with Crippen molar-refractivity contribution in [2.45, 2.75) is 25.4 Å². The fraction of sp³-hybridized carbons (Fsp3) is 0.500. The number of primary amides is 1. The van der Waals surface area contributed by atoms with Gasteiger partial charge in [0.1, 0.15) is 0 Å². The summed E-state index contributed by atoms with van der Waals surface area (Å²) in [5.41, 5.74) is 6.59. The minimum Gasteiger partial charge on any atom is -0.369 e. The highest BCUT2D eigenvalue weighted by atomic mass is 79.9. The molecule has 0 aromatic heterocycles. The average molecular weight is 326 g/mol. The lowest BCUT2D eigenvalue weighted by Crippen LogP contribution is -2.46. The Morgan fingerprint density at radius 3 is 2.53 bits per heavy atom. The van der Waals surface area contributed by atoms with Gasteiger partial charge in [0, 0.05) is 17.1 Å². The number of carbonyl (C=O) groups is 1. The summed E-state index contributed by atoms with van der Waals surface area (Å²) in [5, 5.41) is 3.35. The smallest absolute Gasteiger partial charge is 0.231 e. The molecule has 5 heteroatoms. The summed E-state index contributed by atoms with van der Waals surface area (Å²) in [6, 6.07) is 8.66. The van der Waals surface area contributed by atoms with Crippen LogP contribution >= 0.6 is 15.9 Å². The van der Waals surface area contributed by atoms with E-state index >= 15 is 0 Å². The van der Waals surface area contributed by atoms with E-state index in [4.69, 9.17) is 5.73 Å². The van der Waals surface area contributed by atoms with E-state index in [0.29, 0.717) is 12.6 Å². The predicted octanol–water partition coefficient (Wildman–Crippen LogP) is 1.49. The lowest BCUT2D eigenvalue weighted by molar-refractivity contribution is -0.120. The summed E-state index contributed by atoms with van der Waals surface area (Å²) >= 11 is 3.43. The maximum absolute atomic E-state index is 11.3. The van der Waals surface area contributed by atoms with Gasteiger partial charge in [-0.15, -0.1) is 0 Å². The molecule has 19 heavy (non-hydrogen) atoms. The molecule has 0 saturated carbocycles. The minimum atomic E-state index is -0.254. The highest BCUT2D eigenvalue weighted by molar-refractivity contribution is 9.10. The fourth-order valence-corrected chi connectivity index (χ4v) is 2.77. The van der Waals surface area contributed by atoms with E-state index in [1.54, 1.807) is 0 Å². The van der Waals surface area contributed by atoms with Crippen LogP contribution in [-0.4, -0.2) is 36.5 Å². The van der Waals surface area contributed by atoms with Crippen molar-refractivity contribution in [3.63, 3.8) is 0 Å². The SMILES string of the molecule is NC(=O)CN(Cc1ccc(Br)cc1)C1CCNCC1. The second-order valence-corrected chi connectivity index (χ2v) is 5.89. The van der Waals surface area contributed by atoms with Gasteiger partial charge in [0.25, 0.3) is 0 Å². The Labute approximate surface area is 122 Å². The van der Waals surface area contributed by atoms with Crippen molar-refractivity contribution in [1.82, 2.24) is 10.2 Å². The third kappa shape index (κ3) is 4.60. The van der Waals surface area contributed by atoms with Crippen LogP contribution in [-0.2, 0) is 11.3 Å². The first kappa shape index (κ1) is 14.5. The molecule has 1 fully saturated rings. The first-order valence-electron chi connectivity index (χ1n) is 6.62. The molecule has 0 bridgehead atoms. The average Bonchev–Trinajstić information content (AvgIpc) is 2.41. The van der Waals surface area contributed by atoms with E-state index in [9.17, 15) is 4.79 Å². The van der Waals surface area contributed by atoms with Gasteiger partial charge in [0.05, 0.1) is 6.54 Å². The van der Waals surface area contributed by atoms with Crippen LogP contribution in [0.3, 0.4) is 0 Å². The number of hydrogen-bond donors (Lipinski definition) is 2. The zero-order valence-electron chi connectivity index (χ0n) is 10.9. The van der Waals surface area contributed by atoms with Crippen LogP contribution in [0.4, 0.5) is 0 Å². The number of amides is 1. The van der Waals surface area contributed by atoms with Gasteiger partial charge in [-0.25, -0.2) is 0 Å². The molecule has 1 saturated heterocycles. The van der Waals surface area contributed by atoms with Crippen molar-refractivity contribution in [3.8, 4) is 0 Å². The van der Waals surface area contributed by atoms with E-state index < -0.39 is 0 Å². The molecule has 1 amide bonds. The Hall–Kier alpha value is -0.910. The molecule has 104 valence electrons. The molecular formula is C14H20BrN3O. The second-order valence-electron chi connectivity index (χ2n) is 4.98. The van der Waals surface area contributed by atoms with E-state index in [1.165, 1.54) is 5.56 Å². The third-order valence-electron chi connectivity index (χ3n) is 3.48. The lowest BCUT2D eigenvalue weighted by Gasteiger charge is -2.33. The van der Waals surface area contributed by atoms with Gasteiger partial charge in [0.2, 0.25) is 5.91 Å².